The first kappa shape index (κ1) is 25.7. The van der Waals surface area contributed by atoms with Crippen LogP contribution in [0.5, 0.6) is 0 Å². The number of carboxylic acids is 1. The number of morpholine rings is 1. The molecule has 0 saturated carbocycles. The van der Waals surface area contributed by atoms with Gasteiger partial charge in [0.2, 0.25) is 0 Å². The minimum atomic E-state index is -1.06. The van der Waals surface area contributed by atoms with E-state index in [4.69, 9.17) is 14.3 Å². The summed E-state index contributed by atoms with van der Waals surface area (Å²) in [6, 6.07) is 9.24. The number of hydrogen-bond donors (Lipinski definition) is 1. The summed E-state index contributed by atoms with van der Waals surface area (Å²) in [7, 11) is 0. The molecule has 37 heavy (non-hydrogen) atoms. The van der Waals surface area contributed by atoms with Crippen LogP contribution in [0.25, 0.3) is 23.1 Å². The van der Waals surface area contributed by atoms with Crippen LogP contribution in [0.4, 0.5) is 5.69 Å². The zero-order chi connectivity index (χ0) is 26.6. The van der Waals surface area contributed by atoms with Crippen LogP contribution in [0.1, 0.15) is 37.8 Å². The smallest absolute Gasteiger partial charge is 0.345 e. The van der Waals surface area contributed by atoms with Crippen molar-refractivity contribution in [2.24, 2.45) is 5.41 Å². The van der Waals surface area contributed by atoms with E-state index in [0.29, 0.717) is 55.0 Å². The number of fused-ring (bicyclic) bond motifs is 1. The normalized spacial score (nSPS) is 17.6. The lowest BCUT2D eigenvalue weighted by Crippen LogP contribution is -2.37. The standard InChI is InChI=1S/C29H27N3O5/c1-29(2)15-20(13-21(16-29)22(17-30)18-31)4-7-24-27(32-9-11-36-12-10-32)23-6-3-19(5-8-26(33)34)14-25(23)37-28(24)35/h3-8,13-14H,9-12,15-16H2,1-2H3,(H,33,34). The maximum atomic E-state index is 13.2. The van der Waals surface area contributed by atoms with Crippen molar-refractivity contribution in [3.8, 4) is 12.1 Å². The van der Waals surface area contributed by atoms with Crippen molar-refractivity contribution in [1.82, 2.24) is 0 Å². The van der Waals surface area contributed by atoms with Gasteiger partial charge >= 0.3 is 11.6 Å². The molecule has 0 atom stereocenters. The number of ether oxygens (including phenoxy) is 1. The number of nitriles is 2. The Bertz CT molecular complexity index is 1490. The van der Waals surface area contributed by atoms with Gasteiger partial charge in [0, 0.05) is 24.6 Å². The van der Waals surface area contributed by atoms with E-state index in [-0.39, 0.29) is 11.0 Å². The molecule has 1 aliphatic heterocycles. The van der Waals surface area contributed by atoms with Crippen LogP contribution in [-0.2, 0) is 9.53 Å². The van der Waals surface area contributed by atoms with Crippen LogP contribution in [0.2, 0.25) is 0 Å². The number of anilines is 1. The molecule has 2 aromatic rings. The Balaban J connectivity index is 1.84. The molecular weight excluding hydrogens is 470 g/mol. The van der Waals surface area contributed by atoms with Crippen LogP contribution in [0.15, 0.2) is 62.4 Å². The monoisotopic (exact) mass is 497 g/mol. The van der Waals surface area contributed by atoms with Crippen molar-refractivity contribution in [3.05, 3.63) is 74.7 Å². The second-order valence-electron chi connectivity index (χ2n) is 9.87. The largest absolute Gasteiger partial charge is 0.478 e. The van der Waals surface area contributed by atoms with Crippen molar-refractivity contribution in [1.29, 1.82) is 10.5 Å². The molecule has 0 amide bonds. The second kappa shape index (κ2) is 10.7. The summed E-state index contributed by atoms with van der Waals surface area (Å²) in [5, 5.41) is 28.4. The maximum absolute atomic E-state index is 13.2. The van der Waals surface area contributed by atoms with Gasteiger partial charge in [-0.3, -0.25) is 0 Å². The van der Waals surface area contributed by atoms with Gasteiger partial charge in [-0.1, -0.05) is 32.1 Å². The van der Waals surface area contributed by atoms with Crippen molar-refractivity contribution in [2.75, 3.05) is 31.2 Å². The van der Waals surface area contributed by atoms with E-state index in [1.54, 1.807) is 18.2 Å². The fourth-order valence-electron chi connectivity index (χ4n) is 4.84. The number of rotatable bonds is 5. The molecule has 1 aliphatic carbocycles. The molecule has 0 bridgehead atoms. The molecule has 0 radical (unpaired) electrons. The van der Waals surface area contributed by atoms with Crippen molar-refractivity contribution in [3.63, 3.8) is 0 Å². The molecule has 1 aromatic carbocycles. The Morgan fingerprint density at radius 2 is 1.84 bits per heavy atom. The number of hydrogen-bond acceptors (Lipinski definition) is 7. The van der Waals surface area contributed by atoms with Crippen LogP contribution in [0.3, 0.4) is 0 Å². The van der Waals surface area contributed by atoms with Crippen LogP contribution >= 0.6 is 0 Å². The summed E-state index contributed by atoms with van der Waals surface area (Å²) in [6.07, 6.45) is 9.30. The fraction of sp³-hybridized carbons (Fsp3) is 0.310. The predicted molar refractivity (Wildman–Crippen MR) is 141 cm³/mol. The highest BCUT2D eigenvalue weighted by Gasteiger charge is 2.27. The third-order valence-electron chi connectivity index (χ3n) is 6.40. The topological polar surface area (TPSA) is 128 Å². The number of nitrogens with zero attached hydrogens (tertiary/aromatic N) is 3. The Kier molecular flexibility index (Phi) is 7.42. The summed E-state index contributed by atoms with van der Waals surface area (Å²) in [5.41, 5.74) is 3.17. The van der Waals surface area contributed by atoms with Crippen molar-refractivity contribution in [2.45, 2.75) is 26.7 Å². The first-order chi connectivity index (χ1) is 17.7. The van der Waals surface area contributed by atoms with Gasteiger partial charge < -0.3 is 19.2 Å². The van der Waals surface area contributed by atoms with Gasteiger partial charge in [0.15, 0.2) is 0 Å². The van der Waals surface area contributed by atoms with Gasteiger partial charge in [-0.25, -0.2) is 9.59 Å². The molecule has 0 spiro atoms. The lowest BCUT2D eigenvalue weighted by Gasteiger charge is -2.31. The molecular formula is C29H27N3O5. The first-order valence-corrected chi connectivity index (χ1v) is 12.0. The van der Waals surface area contributed by atoms with Crippen molar-refractivity contribution < 1.29 is 19.1 Å². The number of benzene rings is 1. The van der Waals surface area contributed by atoms with E-state index in [2.05, 4.69) is 18.7 Å². The maximum Gasteiger partial charge on any atom is 0.345 e. The summed E-state index contributed by atoms with van der Waals surface area (Å²) in [6.45, 7) is 6.44. The third kappa shape index (κ3) is 5.88. The Hall–Kier alpha value is -4.40. The molecule has 1 saturated heterocycles. The van der Waals surface area contributed by atoms with E-state index < -0.39 is 11.6 Å². The van der Waals surface area contributed by atoms with Gasteiger partial charge in [0.25, 0.3) is 0 Å². The molecule has 8 nitrogen and oxygen atoms in total. The summed E-state index contributed by atoms with van der Waals surface area (Å²) in [5.74, 6) is -1.06. The van der Waals surface area contributed by atoms with Gasteiger partial charge in [-0.2, -0.15) is 10.5 Å². The van der Waals surface area contributed by atoms with E-state index in [1.165, 1.54) is 6.08 Å². The lowest BCUT2D eigenvalue weighted by molar-refractivity contribution is -0.131. The average Bonchev–Trinajstić information content (AvgIpc) is 2.86. The quantitative estimate of drug-likeness (QED) is 0.353. The van der Waals surface area contributed by atoms with Gasteiger partial charge in [-0.15, -0.1) is 0 Å². The van der Waals surface area contributed by atoms with Crippen LogP contribution < -0.4 is 10.5 Å². The predicted octanol–water partition coefficient (Wildman–Crippen LogP) is 4.83. The summed E-state index contributed by atoms with van der Waals surface area (Å²) >= 11 is 0. The molecule has 188 valence electrons. The van der Waals surface area contributed by atoms with Gasteiger partial charge in [-0.05, 0) is 59.3 Å². The Morgan fingerprint density at radius 3 is 2.51 bits per heavy atom. The lowest BCUT2D eigenvalue weighted by atomic mass is 9.74. The molecule has 0 unspecified atom stereocenters. The Labute approximate surface area is 214 Å². The molecule has 8 heteroatoms. The minimum Gasteiger partial charge on any atom is -0.478 e. The van der Waals surface area contributed by atoms with Gasteiger partial charge in [0.1, 0.15) is 23.3 Å². The molecule has 1 fully saturated rings. The molecule has 2 heterocycles. The highest BCUT2D eigenvalue weighted by Crippen LogP contribution is 2.40. The number of aliphatic carboxylic acids is 1. The van der Waals surface area contributed by atoms with E-state index >= 15 is 0 Å². The highest BCUT2D eigenvalue weighted by atomic mass is 16.5. The fourth-order valence-corrected chi connectivity index (χ4v) is 4.84. The number of carboxylic acid groups (broad SMARTS) is 1. The number of allylic oxidation sites excluding steroid dienone is 5. The Morgan fingerprint density at radius 1 is 1.11 bits per heavy atom. The van der Waals surface area contributed by atoms with Crippen LogP contribution in [-0.4, -0.2) is 37.4 Å². The summed E-state index contributed by atoms with van der Waals surface area (Å²) in [4.78, 5) is 26.2. The van der Waals surface area contributed by atoms with E-state index in [9.17, 15) is 20.1 Å². The minimum absolute atomic E-state index is 0.102. The highest BCUT2D eigenvalue weighted by molar-refractivity contribution is 5.96. The SMILES string of the molecule is CC1(C)CC(C=Cc2c(N3CCOCC3)c3ccc(C=CC(=O)O)cc3oc2=O)=CC(=C(C#N)C#N)C1. The average molecular weight is 498 g/mol. The first-order valence-electron chi connectivity index (χ1n) is 12.0. The molecule has 2 aliphatic rings. The van der Waals surface area contributed by atoms with Crippen molar-refractivity contribution >= 4 is 34.8 Å². The number of carbonyl (C=O) groups is 1. The second-order valence-corrected chi connectivity index (χ2v) is 9.87. The van der Waals surface area contributed by atoms with E-state index in [0.717, 1.165) is 29.1 Å². The summed E-state index contributed by atoms with van der Waals surface area (Å²) < 4.78 is 11.2. The zero-order valence-corrected chi connectivity index (χ0v) is 20.8. The molecule has 4 rings (SSSR count). The molecule has 1 aromatic heterocycles. The molecule has 1 N–H and O–H groups in total. The van der Waals surface area contributed by atoms with Crippen LogP contribution in [0, 0.1) is 28.1 Å². The van der Waals surface area contributed by atoms with E-state index in [1.807, 2.05) is 30.4 Å². The zero-order valence-electron chi connectivity index (χ0n) is 20.8. The third-order valence-corrected chi connectivity index (χ3v) is 6.40. The van der Waals surface area contributed by atoms with Gasteiger partial charge in [0.05, 0.1) is 24.5 Å².